The quantitative estimate of drug-likeness (QED) is 0.192. The van der Waals surface area contributed by atoms with E-state index in [0.717, 1.165) is 17.7 Å². The molecule has 0 spiro atoms. The average Bonchev–Trinajstić information content (AvgIpc) is 2.90. The van der Waals surface area contributed by atoms with Crippen molar-refractivity contribution in [3.05, 3.63) is 77.1 Å². The predicted molar refractivity (Wildman–Crippen MR) is 143 cm³/mol. The molecule has 1 aliphatic carbocycles. The zero-order valence-corrected chi connectivity index (χ0v) is 22.8. The van der Waals surface area contributed by atoms with Crippen LogP contribution in [0.15, 0.2) is 59.8 Å². The molecule has 1 aliphatic rings. The van der Waals surface area contributed by atoms with Crippen LogP contribution in [0.3, 0.4) is 0 Å². The summed E-state index contributed by atoms with van der Waals surface area (Å²) in [5.74, 6) is 1.30. The summed E-state index contributed by atoms with van der Waals surface area (Å²) in [6.07, 6.45) is 0.177. The van der Waals surface area contributed by atoms with Crippen LogP contribution in [0.4, 0.5) is 23.5 Å². The summed E-state index contributed by atoms with van der Waals surface area (Å²) in [5.41, 5.74) is 6.63. The number of alkyl halides is 4. The Morgan fingerprint density at radius 3 is 2.38 bits per heavy atom. The van der Waals surface area contributed by atoms with Crippen molar-refractivity contribution in [1.82, 2.24) is 15.3 Å². The molecule has 15 heteroatoms. The van der Waals surface area contributed by atoms with E-state index in [0.29, 0.717) is 5.56 Å². The van der Waals surface area contributed by atoms with Crippen molar-refractivity contribution in [2.45, 2.75) is 55.8 Å². The molecule has 2 aromatic carbocycles. The fraction of sp³-hybridized carbons (Fsp3) is 0.296. The van der Waals surface area contributed by atoms with Crippen molar-refractivity contribution >= 4 is 22.0 Å². The summed E-state index contributed by atoms with van der Waals surface area (Å²) in [6.45, 7) is -1.25. The van der Waals surface area contributed by atoms with Crippen LogP contribution in [-0.2, 0) is 10.1 Å². The van der Waals surface area contributed by atoms with Crippen LogP contribution in [0, 0.1) is 18.8 Å². The average molecular weight is 611 g/mol. The first-order valence-electron chi connectivity index (χ1n) is 12.2. The molecule has 1 amide bonds. The van der Waals surface area contributed by atoms with E-state index in [2.05, 4.69) is 31.9 Å². The van der Waals surface area contributed by atoms with E-state index >= 15 is 0 Å². The molecule has 3 aromatic rings. The number of benzene rings is 2. The normalized spacial score (nSPS) is 17.7. The second-order valence-electron chi connectivity index (χ2n) is 9.20. The van der Waals surface area contributed by atoms with Gasteiger partial charge >= 0.3 is 6.61 Å². The summed E-state index contributed by atoms with van der Waals surface area (Å²) in [4.78, 5) is 20.2. The predicted octanol–water partition coefficient (Wildman–Crippen LogP) is 3.58. The number of hydrogen-bond acceptors (Lipinski definition) is 8. The van der Waals surface area contributed by atoms with Crippen LogP contribution in [0.5, 0.6) is 5.75 Å². The molecule has 1 saturated carbocycles. The molecule has 1 fully saturated rings. The smallest absolute Gasteiger partial charge is 0.387 e. The van der Waals surface area contributed by atoms with Gasteiger partial charge in [-0.3, -0.25) is 9.35 Å². The number of amides is 1. The Hall–Kier alpha value is -4.26. The summed E-state index contributed by atoms with van der Waals surface area (Å²) >= 11 is 0. The number of carbonyl (C=O) groups excluding carboxylic acids is 1. The minimum Gasteiger partial charge on any atom is -0.435 e. The molecule has 10 nitrogen and oxygen atoms in total. The van der Waals surface area contributed by atoms with Crippen molar-refractivity contribution < 1.29 is 45.2 Å². The molecule has 0 radical (unpaired) electrons. The van der Waals surface area contributed by atoms with Crippen LogP contribution >= 0.6 is 0 Å². The van der Waals surface area contributed by atoms with E-state index < -0.39 is 53.5 Å². The fourth-order valence-electron chi connectivity index (χ4n) is 3.77. The number of carbonyl (C=O) groups is 1. The Morgan fingerprint density at radius 1 is 1.14 bits per heavy atom. The highest BCUT2D eigenvalue weighted by molar-refractivity contribution is 7.85. The van der Waals surface area contributed by atoms with E-state index in [-0.39, 0.29) is 34.1 Å². The zero-order chi connectivity index (χ0) is 31.1. The van der Waals surface area contributed by atoms with Gasteiger partial charge in [0.25, 0.3) is 16.0 Å². The lowest BCUT2D eigenvalue weighted by molar-refractivity contribution is -0.0768. The Morgan fingerprint density at radius 2 is 1.79 bits per heavy atom. The number of aromatic nitrogens is 2. The highest BCUT2D eigenvalue weighted by atomic mass is 32.2. The third-order valence-electron chi connectivity index (χ3n) is 5.90. The van der Waals surface area contributed by atoms with Gasteiger partial charge in [0.2, 0.25) is 11.9 Å². The number of nitrogen functional groups attached to an aromatic ring is 1. The number of nitrogens with one attached hydrogen (secondary N) is 1. The van der Waals surface area contributed by atoms with Crippen molar-refractivity contribution in [2.24, 2.45) is 0 Å². The van der Waals surface area contributed by atoms with Gasteiger partial charge in [0.05, 0.1) is 28.2 Å². The number of halogens is 4. The Balaban J connectivity index is 0.000000369. The maximum absolute atomic E-state index is 13.7. The van der Waals surface area contributed by atoms with Crippen molar-refractivity contribution in [3.63, 3.8) is 0 Å². The van der Waals surface area contributed by atoms with Gasteiger partial charge in [0.15, 0.2) is 0 Å². The first-order chi connectivity index (χ1) is 19.6. The summed E-state index contributed by atoms with van der Waals surface area (Å²) in [6, 6.07) is 8.26. The summed E-state index contributed by atoms with van der Waals surface area (Å²) < 4.78 is 86.4. The molecule has 0 saturated heterocycles. The number of rotatable bonds is 5. The largest absolute Gasteiger partial charge is 0.435 e. The highest BCUT2D eigenvalue weighted by Gasteiger charge is 2.41. The second-order valence-corrected chi connectivity index (χ2v) is 10.6. The molecule has 2 atom stereocenters. The van der Waals surface area contributed by atoms with E-state index in [1.54, 1.807) is 12.1 Å². The molecule has 1 heterocycles. The van der Waals surface area contributed by atoms with E-state index in [1.165, 1.54) is 30.6 Å². The Labute approximate surface area is 238 Å². The lowest BCUT2D eigenvalue weighted by Crippen LogP contribution is -2.50. The summed E-state index contributed by atoms with van der Waals surface area (Å²) in [7, 11) is -4.02. The molecule has 0 aliphatic heterocycles. The monoisotopic (exact) mass is 610 g/mol. The molecule has 0 unspecified atom stereocenters. The maximum atomic E-state index is 13.7. The Bertz CT molecular complexity index is 1560. The number of ether oxygens (including phenoxy) is 1. The number of nitrogens with zero attached hydrogens (tertiary/aromatic N) is 2. The van der Waals surface area contributed by atoms with E-state index in [4.69, 9.17) is 10.3 Å². The standard InChI is InChI=1S/C20H18F4N4O3.C7H8O3S/c21-18(22)31-13-3-4-14(12(7-13)2-1-11-9-26-19(25)27-10-11)17(30)28-15-8-20(23,24)6-5-16(15)29;1-6-2-4-7(5-3-6)11(8,9)10/h3-4,7,9-10,15-16,18,29H,5-6,8H2,(H,28,30)(H2,25,26,27);2-5H,1H3,(H,8,9,10)/t15-,16-;/m0./s1. The van der Waals surface area contributed by atoms with Crippen LogP contribution in [-0.4, -0.2) is 58.6 Å². The van der Waals surface area contributed by atoms with Gasteiger partial charge in [-0.1, -0.05) is 29.5 Å². The van der Waals surface area contributed by atoms with Gasteiger partial charge in [-0.15, -0.1) is 0 Å². The van der Waals surface area contributed by atoms with Gasteiger partial charge < -0.3 is 20.9 Å². The third-order valence-corrected chi connectivity index (χ3v) is 6.77. The zero-order valence-electron chi connectivity index (χ0n) is 22.0. The maximum Gasteiger partial charge on any atom is 0.387 e. The number of aliphatic hydroxyl groups is 1. The molecule has 0 bridgehead atoms. The molecular formula is C27H26F4N4O6S. The minimum atomic E-state index is -4.02. The lowest BCUT2D eigenvalue weighted by Gasteiger charge is -2.33. The number of aryl methyl sites for hydroxylation is 1. The third kappa shape index (κ3) is 9.68. The van der Waals surface area contributed by atoms with Crippen LogP contribution in [0.2, 0.25) is 0 Å². The first kappa shape index (κ1) is 32.3. The molecular weight excluding hydrogens is 584 g/mol. The second kappa shape index (κ2) is 13.6. The number of aliphatic hydroxyl groups excluding tert-OH is 1. The van der Waals surface area contributed by atoms with Crippen LogP contribution < -0.4 is 15.8 Å². The van der Waals surface area contributed by atoms with Crippen molar-refractivity contribution in [1.29, 1.82) is 0 Å². The van der Waals surface area contributed by atoms with Crippen LogP contribution in [0.1, 0.15) is 46.3 Å². The molecule has 4 rings (SSSR count). The van der Waals surface area contributed by atoms with E-state index in [1.807, 2.05) is 6.92 Å². The molecule has 5 N–H and O–H groups in total. The van der Waals surface area contributed by atoms with E-state index in [9.17, 15) is 35.9 Å². The number of anilines is 1. The first-order valence-corrected chi connectivity index (χ1v) is 13.7. The molecule has 42 heavy (non-hydrogen) atoms. The lowest BCUT2D eigenvalue weighted by atomic mass is 9.89. The van der Waals surface area contributed by atoms with Gasteiger partial charge in [0.1, 0.15) is 5.75 Å². The SMILES string of the molecule is Cc1ccc(S(=O)(=O)O)cc1.Nc1ncc(C#Cc2cc(OC(F)F)ccc2C(=O)N[C@H]2CC(F)(F)CC[C@@H]2O)cn1. The highest BCUT2D eigenvalue weighted by Crippen LogP contribution is 2.33. The molecule has 224 valence electrons. The van der Waals surface area contributed by atoms with Gasteiger partial charge in [0, 0.05) is 30.8 Å². The fourth-order valence-corrected chi connectivity index (χ4v) is 4.25. The molecule has 1 aromatic heterocycles. The van der Waals surface area contributed by atoms with Gasteiger partial charge in [-0.05, 0) is 43.7 Å². The van der Waals surface area contributed by atoms with Gasteiger partial charge in [-0.2, -0.15) is 17.2 Å². The van der Waals surface area contributed by atoms with Gasteiger partial charge in [-0.25, -0.2) is 18.7 Å². The van der Waals surface area contributed by atoms with Crippen molar-refractivity contribution in [3.8, 4) is 17.6 Å². The number of nitrogens with two attached hydrogens (primary N) is 1. The van der Waals surface area contributed by atoms with Crippen molar-refractivity contribution in [2.75, 3.05) is 5.73 Å². The van der Waals surface area contributed by atoms with Crippen LogP contribution in [0.25, 0.3) is 0 Å². The summed E-state index contributed by atoms with van der Waals surface area (Å²) in [5, 5.41) is 12.4. The minimum absolute atomic E-state index is 0.00420. The number of hydrogen-bond donors (Lipinski definition) is 4. The topological polar surface area (TPSA) is 165 Å². The Kier molecular flexibility index (Phi) is 10.4.